The molecule has 2 saturated heterocycles. The van der Waals surface area contributed by atoms with Crippen molar-refractivity contribution in [2.24, 2.45) is 40.4 Å². The van der Waals surface area contributed by atoms with Crippen molar-refractivity contribution in [1.82, 2.24) is 0 Å². The summed E-state index contributed by atoms with van der Waals surface area (Å²) >= 11 is 0. The van der Waals surface area contributed by atoms with E-state index < -0.39 is 53.7 Å². The molecule has 5 unspecified atom stereocenters. The first kappa shape index (κ1) is 36.8. The van der Waals surface area contributed by atoms with Crippen molar-refractivity contribution in [2.75, 3.05) is 13.2 Å². The first-order valence-electron chi connectivity index (χ1n) is 18.0. The molecule has 4 aliphatic carbocycles. The number of ether oxygens (including phenoxy) is 2. The van der Waals surface area contributed by atoms with Crippen LogP contribution in [0.3, 0.4) is 0 Å². The van der Waals surface area contributed by atoms with Crippen molar-refractivity contribution < 1.29 is 55.4 Å². The Bertz CT molecular complexity index is 965. The zero-order valence-corrected chi connectivity index (χ0v) is 28.2. The maximum absolute atomic E-state index is 12.1. The fraction of sp³-hybridized carbons (Fsp3) is 1.00. The number of hydrogen-bond donors (Lipinski definition) is 9. The number of hydrogen-bond acceptors (Lipinski definition) is 11. The average Bonchev–Trinajstić information content (AvgIpc) is 3.30. The lowest BCUT2D eigenvalue weighted by Crippen LogP contribution is -2.67. The summed E-state index contributed by atoms with van der Waals surface area (Å²) in [6.45, 7) is 7.80. The third kappa shape index (κ3) is 6.23. The Morgan fingerprint density at radius 3 is 1.83 bits per heavy atom. The molecule has 0 radical (unpaired) electrons. The summed E-state index contributed by atoms with van der Waals surface area (Å²) in [5, 5.41) is 91.8. The molecular weight excluding hydrogens is 596 g/mol. The minimum atomic E-state index is -0.910. The van der Waals surface area contributed by atoms with Gasteiger partial charge in [0.2, 0.25) is 0 Å². The lowest BCUT2D eigenvalue weighted by molar-refractivity contribution is -0.251. The van der Waals surface area contributed by atoms with Crippen LogP contribution in [0.25, 0.3) is 0 Å². The van der Waals surface area contributed by atoms with Gasteiger partial charge in [-0.15, -0.1) is 0 Å². The Morgan fingerprint density at radius 2 is 1.30 bits per heavy atom. The van der Waals surface area contributed by atoms with Gasteiger partial charge in [-0.05, 0) is 107 Å². The second-order valence-electron chi connectivity index (χ2n) is 16.3. The van der Waals surface area contributed by atoms with Gasteiger partial charge in [0, 0.05) is 31.5 Å². The summed E-state index contributed by atoms with van der Waals surface area (Å²) in [6, 6.07) is 0. The molecule has 6 rings (SSSR count). The molecule has 0 bridgehead atoms. The van der Waals surface area contributed by atoms with E-state index in [0.29, 0.717) is 25.2 Å². The average molecular weight is 659 g/mol. The Balaban J connectivity index is 0.000000200. The molecule has 9 N–H and O–H groups in total. The molecule has 11 nitrogen and oxygen atoms in total. The maximum atomic E-state index is 12.1. The van der Waals surface area contributed by atoms with Gasteiger partial charge in [-0.25, -0.2) is 0 Å². The Morgan fingerprint density at radius 1 is 0.717 bits per heavy atom. The van der Waals surface area contributed by atoms with E-state index in [4.69, 9.17) is 9.47 Å². The van der Waals surface area contributed by atoms with Crippen LogP contribution in [-0.4, -0.2) is 126 Å². The predicted molar refractivity (Wildman–Crippen MR) is 168 cm³/mol. The van der Waals surface area contributed by atoms with E-state index in [0.717, 1.165) is 38.5 Å². The number of rotatable bonds is 5. The Kier molecular flexibility index (Phi) is 11.3. The van der Waals surface area contributed by atoms with Crippen LogP contribution in [0.15, 0.2) is 0 Å². The van der Waals surface area contributed by atoms with Crippen molar-refractivity contribution in [1.29, 1.82) is 0 Å². The van der Waals surface area contributed by atoms with Crippen molar-refractivity contribution in [3.05, 3.63) is 0 Å². The highest BCUT2D eigenvalue weighted by molar-refractivity contribution is 5.20. The molecule has 0 spiro atoms. The highest BCUT2D eigenvalue weighted by Gasteiger charge is 2.70. The smallest absolute Gasteiger partial charge is 0.106 e. The molecule has 0 aromatic heterocycles. The molecule has 4 saturated carbocycles. The van der Waals surface area contributed by atoms with Gasteiger partial charge in [0.25, 0.3) is 0 Å². The van der Waals surface area contributed by atoms with Crippen LogP contribution in [0.2, 0.25) is 0 Å². The first-order chi connectivity index (χ1) is 21.6. The summed E-state index contributed by atoms with van der Waals surface area (Å²) in [6.07, 6.45) is 1.97. The molecule has 0 aromatic rings. The normalized spacial score (nSPS) is 54.5. The zero-order chi connectivity index (χ0) is 33.8. The number of fused-ring (bicyclic) bond motifs is 5. The largest absolute Gasteiger partial charge is 0.396 e. The van der Waals surface area contributed by atoms with Gasteiger partial charge in [0.1, 0.15) is 12.2 Å². The molecule has 46 heavy (non-hydrogen) atoms. The van der Waals surface area contributed by atoms with E-state index >= 15 is 0 Å². The van der Waals surface area contributed by atoms with E-state index in [1.165, 1.54) is 0 Å². The Labute approximate surface area is 273 Å². The number of aliphatic hydroxyl groups excluding tert-OH is 8. The highest BCUT2D eigenvalue weighted by Crippen LogP contribution is 2.69. The van der Waals surface area contributed by atoms with Gasteiger partial charge in [-0.2, -0.15) is 0 Å². The molecule has 2 aliphatic heterocycles. The minimum absolute atomic E-state index is 0.00457. The van der Waals surface area contributed by atoms with Crippen LogP contribution >= 0.6 is 0 Å². The summed E-state index contributed by atoms with van der Waals surface area (Å²) in [5.41, 5.74) is -1.46. The van der Waals surface area contributed by atoms with Gasteiger partial charge in [0.15, 0.2) is 0 Å². The van der Waals surface area contributed by atoms with E-state index in [9.17, 15) is 46.0 Å². The second-order valence-corrected chi connectivity index (χ2v) is 16.3. The van der Waals surface area contributed by atoms with Crippen molar-refractivity contribution >= 4 is 0 Å². The summed E-state index contributed by atoms with van der Waals surface area (Å²) < 4.78 is 11.2. The van der Waals surface area contributed by atoms with Crippen LogP contribution in [0.5, 0.6) is 0 Å². The van der Waals surface area contributed by atoms with Crippen LogP contribution in [0.1, 0.15) is 98.3 Å². The molecule has 6 fully saturated rings. The fourth-order valence-corrected chi connectivity index (χ4v) is 11.2. The van der Waals surface area contributed by atoms with E-state index in [1.807, 2.05) is 6.92 Å². The van der Waals surface area contributed by atoms with E-state index in [1.54, 1.807) is 13.8 Å². The van der Waals surface area contributed by atoms with Gasteiger partial charge in [-0.3, -0.25) is 0 Å². The van der Waals surface area contributed by atoms with Crippen molar-refractivity contribution in [3.63, 3.8) is 0 Å². The standard InChI is InChI=1S/C23H40O5.C12H22O6/c1-21-8-5-16(26)11-15(21)3-4-18-19(21)12-20(27)22(2)17(6-9-23(18,22)28)14(13-25)7-10-24;1-5-11(15)7(13)3-9(17-5)10-4-8(14)12(16)6(2)18-10/h14-20,24-28H,3-13H2,1-2H3;5-16H,3-4H2,1-2H3/t14?,15-,16+,17-,18-,19+,20-,21+,22+,23+;5?,6?,7-,8-,9+,10+,11?,12?/m11/s1. The third-order valence-corrected chi connectivity index (χ3v) is 14.2. The van der Waals surface area contributed by atoms with Crippen LogP contribution < -0.4 is 0 Å². The molecule has 2 heterocycles. The minimum Gasteiger partial charge on any atom is -0.396 e. The van der Waals surface area contributed by atoms with Crippen molar-refractivity contribution in [2.45, 2.75) is 165 Å². The summed E-state index contributed by atoms with van der Waals surface area (Å²) in [4.78, 5) is 0. The van der Waals surface area contributed by atoms with Crippen LogP contribution in [-0.2, 0) is 9.47 Å². The molecule has 6 aliphatic rings. The van der Waals surface area contributed by atoms with Gasteiger partial charge in [-0.1, -0.05) is 13.8 Å². The topological polar surface area (TPSA) is 201 Å². The fourth-order valence-electron chi connectivity index (χ4n) is 11.2. The lowest BCUT2D eigenvalue weighted by Gasteiger charge is -2.65. The quantitative estimate of drug-likeness (QED) is 0.203. The summed E-state index contributed by atoms with van der Waals surface area (Å²) in [7, 11) is 0. The molecule has 268 valence electrons. The molecule has 11 heteroatoms. The molecule has 18 atom stereocenters. The summed E-state index contributed by atoms with van der Waals surface area (Å²) in [5.74, 6) is 0.901. The third-order valence-electron chi connectivity index (χ3n) is 14.2. The van der Waals surface area contributed by atoms with Crippen molar-refractivity contribution in [3.8, 4) is 0 Å². The maximum Gasteiger partial charge on any atom is 0.106 e. The molecular formula is C35H62O11. The number of aliphatic hydroxyl groups is 9. The van der Waals surface area contributed by atoms with Crippen LogP contribution in [0, 0.1) is 40.4 Å². The van der Waals surface area contributed by atoms with Gasteiger partial charge >= 0.3 is 0 Å². The monoisotopic (exact) mass is 658 g/mol. The van der Waals surface area contributed by atoms with E-state index in [-0.39, 0.29) is 73.5 Å². The highest BCUT2D eigenvalue weighted by atomic mass is 16.6. The second kappa shape index (κ2) is 14.1. The SMILES string of the molecule is CC1O[C@H]([C@@H]2C[C@@H](O)C(O)C(C)O2)C[C@@H](O)C1O.C[C@]12CC[C@H](O)C[C@H]1CC[C@@H]1[C@@H]2C[C@@H](O)[C@]2(C)[C@@H](C(CO)CCO)CC[C@]12O. The predicted octanol–water partition coefficient (Wildman–Crippen LogP) is 0.868. The van der Waals surface area contributed by atoms with Crippen LogP contribution in [0.4, 0.5) is 0 Å². The first-order valence-corrected chi connectivity index (χ1v) is 18.0. The molecule has 0 amide bonds. The Hall–Kier alpha value is -0.440. The molecule has 0 aromatic carbocycles. The van der Waals surface area contributed by atoms with E-state index in [2.05, 4.69) is 6.92 Å². The zero-order valence-electron chi connectivity index (χ0n) is 28.2. The lowest BCUT2D eigenvalue weighted by atomic mass is 9.42. The van der Waals surface area contributed by atoms with Gasteiger partial charge < -0.3 is 55.4 Å². The van der Waals surface area contributed by atoms with Gasteiger partial charge in [0.05, 0.1) is 54.4 Å².